The van der Waals surface area contributed by atoms with Crippen molar-refractivity contribution in [3.05, 3.63) is 16.6 Å². The van der Waals surface area contributed by atoms with E-state index >= 15 is 0 Å². The van der Waals surface area contributed by atoms with Gasteiger partial charge in [-0.3, -0.25) is 4.98 Å². The van der Waals surface area contributed by atoms with E-state index in [2.05, 4.69) is 17.2 Å². The zero-order chi connectivity index (χ0) is 13.1. The van der Waals surface area contributed by atoms with Crippen LogP contribution < -0.4 is 5.32 Å². The van der Waals surface area contributed by atoms with Gasteiger partial charge in [0, 0.05) is 36.8 Å². The molecule has 1 aromatic heterocycles. The summed E-state index contributed by atoms with van der Waals surface area (Å²) in [5.74, 6) is 0.621. The number of nitrogens with zero attached hydrogens (tertiary/aromatic N) is 1. The Kier molecular flexibility index (Phi) is 4.17. The fraction of sp³-hybridized carbons (Fsp3) is 0.786. The van der Waals surface area contributed by atoms with Crippen molar-refractivity contribution in [2.75, 3.05) is 26.4 Å². The van der Waals surface area contributed by atoms with Crippen LogP contribution in [0.15, 0.2) is 11.7 Å². The molecule has 4 nitrogen and oxygen atoms in total. The topological polar surface area (TPSA) is 43.4 Å². The minimum atomic E-state index is -0.0126. The molecule has 0 aliphatic carbocycles. The molecule has 5 heteroatoms. The van der Waals surface area contributed by atoms with E-state index in [-0.39, 0.29) is 5.60 Å². The Morgan fingerprint density at radius 2 is 2.53 bits per heavy atom. The molecule has 0 aromatic carbocycles. The Labute approximate surface area is 118 Å². The largest absolute Gasteiger partial charge is 0.378 e. The first-order valence-corrected chi connectivity index (χ1v) is 8.04. The minimum Gasteiger partial charge on any atom is -0.378 e. The van der Waals surface area contributed by atoms with Crippen LogP contribution in [0.3, 0.4) is 0 Å². The Hall–Kier alpha value is -0.490. The van der Waals surface area contributed by atoms with Gasteiger partial charge in [0.15, 0.2) is 0 Å². The zero-order valence-corrected chi connectivity index (χ0v) is 12.2. The van der Waals surface area contributed by atoms with Gasteiger partial charge < -0.3 is 14.8 Å². The lowest BCUT2D eigenvalue weighted by molar-refractivity contribution is -0.103. The van der Waals surface area contributed by atoms with E-state index in [0.717, 1.165) is 45.6 Å². The fourth-order valence-electron chi connectivity index (χ4n) is 3.31. The zero-order valence-electron chi connectivity index (χ0n) is 11.4. The van der Waals surface area contributed by atoms with Crippen molar-refractivity contribution < 1.29 is 9.47 Å². The highest BCUT2D eigenvalue weighted by Crippen LogP contribution is 2.41. The number of hydrogen-bond acceptors (Lipinski definition) is 5. The predicted molar refractivity (Wildman–Crippen MR) is 75.4 cm³/mol. The molecule has 2 fully saturated rings. The number of thiazole rings is 1. The van der Waals surface area contributed by atoms with Gasteiger partial charge in [-0.05, 0) is 25.3 Å². The fourth-order valence-corrected chi connectivity index (χ4v) is 4.10. The SMILES string of the molecule is CCNC(c1cncs1)C1CCOC2(CCOC2)C1. The van der Waals surface area contributed by atoms with Gasteiger partial charge in [-0.25, -0.2) is 0 Å². The minimum absolute atomic E-state index is 0.0126. The molecular weight excluding hydrogens is 260 g/mol. The average Bonchev–Trinajstić information content (AvgIpc) is 3.08. The van der Waals surface area contributed by atoms with Crippen molar-refractivity contribution in [1.82, 2.24) is 10.3 Å². The van der Waals surface area contributed by atoms with E-state index in [9.17, 15) is 0 Å². The molecule has 1 N–H and O–H groups in total. The summed E-state index contributed by atoms with van der Waals surface area (Å²) in [7, 11) is 0. The van der Waals surface area contributed by atoms with Gasteiger partial charge in [0.25, 0.3) is 0 Å². The van der Waals surface area contributed by atoms with Gasteiger partial charge in [0.1, 0.15) is 0 Å². The van der Waals surface area contributed by atoms with E-state index in [1.165, 1.54) is 4.88 Å². The lowest BCUT2D eigenvalue weighted by atomic mass is 9.80. The summed E-state index contributed by atoms with van der Waals surface area (Å²) in [4.78, 5) is 5.58. The summed E-state index contributed by atoms with van der Waals surface area (Å²) in [6.45, 7) is 5.63. The highest BCUT2D eigenvalue weighted by atomic mass is 32.1. The van der Waals surface area contributed by atoms with Crippen LogP contribution in [0.2, 0.25) is 0 Å². The van der Waals surface area contributed by atoms with Crippen molar-refractivity contribution in [1.29, 1.82) is 0 Å². The summed E-state index contributed by atoms with van der Waals surface area (Å²) in [6.07, 6.45) is 5.27. The first-order chi connectivity index (χ1) is 9.33. The van der Waals surface area contributed by atoms with Gasteiger partial charge in [-0.1, -0.05) is 6.92 Å². The van der Waals surface area contributed by atoms with E-state index in [1.54, 1.807) is 11.3 Å². The molecule has 19 heavy (non-hydrogen) atoms. The molecule has 3 heterocycles. The van der Waals surface area contributed by atoms with Gasteiger partial charge in [0.05, 0.1) is 17.7 Å². The highest BCUT2D eigenvalue weighted by Gasteiger charge is 2.43. The number of rotatable bonds is 4. The van der Waals surface area contributed by atoms with Crippen LogP contribution >= 0.6 is 11.3 Å². The maximum atomic E-state index is 6.04. The highest BCUT2D eigenvalue weighted by molar-refractivity contribution is 7.09. The van der Waals surface area contributed by atoms with E-state index in [1.807, 2.05) is 11.7 Å². The first kappa shape index (κ1) is 13.5. The summed E-state index contributed by atoms with van der Waals surface area (Å²) in [6, 6.07) is 0.416. The average molecular weight is 282 g/mol. The summed E-state index contributed by atoms with van der Waals surface area (Å²) in [5.41, 5.74) is 1.91. The van der Waals surface area contributed by atoms with Crippen LogP contribution in [-0.4, -0.2) is 37.0 Å². The molecule has 106 valence electrons. The Bertz CT molecular complexity index is 390. The lowest BCUT2D eigenvalue weighted by Gasteiger charge is -2.40. The molecule has 3 unspecified atom stereocenters. The standard InChI is InChI=1S/C14H22N2O2S/c1-2-16-13(12-8-15-10-19-12)11-3-5-18-14(7-11)4-6-17-9-14/h8,10-11,13,16H,2-7,9H2,1H3. The molecule has 2 aliphatic rings. The molecule has 3 atom stereocenters. The van der Waals surface area contributed by atoms with E-state index < -0.39 is 0 Å². The second kappa shape index (κ2) is 5.87. The molecule has 2 saturated heterocycles. The molecule has 0 saturated carbocycles. The molecule has 0 radical (unpaired) electrons. The smallest absolute Gasteiger partial charge is 0.0940 e. The van der Waals surface area contributed by atoms with Crippen molar-refractivity contribution in [3.8, 4) is 0 Å². The van der Waals surface area contributed by atoms with Crippen molar-refractivity contribution in [3.63, 3.8) is 0 Å². The molecule has 1 aromatic rings. The summed E-state index contributed by atoms with van der Waals surface area (Å²) >= 11 is 1.75. The second-order valence-electron chi connectivity index (χ2n) is 5.53. The Morgan fingerprint density at radius 3 is 3.21 bits per heavy atom. The third kappa shape index (κ3) is 2.84. The number of aromatic nitrogens is 1. The molecule has 3 rings (SSSR count). The third-order valence-corrected chi connectivity index (χ3v) is 5.11. The molecule has 0 bridgehead atoms. The monoisotopic (exact) mass is 282 g/mol. The number of ether oxygens (including phenoxy) is 2. The second-order valence-corrected chi connectivity index (χ2v) is 6.44. The molecule has 2 aliphatic heterocycles. The maximum Gasteiger partial charge on any atom is 0.0940 e. The van der Waals surface area contributed by atoms with Crippen LogP contribution in [0.5, 0.6) is 0 Å². The number of hydrogen-bond donors (Lipinski definition) is 1. The van der Waals surface area contributed by atoms with Crippen LogP contribution in [-0.2, 0) is 9.47 Å². The van der Waals surface area contributed by atoms with Crippen LogP contribution in [0, 0.1) is 5.92 Å². The van der Waals surface area contributed by atoms with Crippen LogP contribution in [0.4, 0.5) is 0 Å². The Balaban J connectivity index is 1.74. The van der Waals surface area contributed by atoms with E-state index in [0.29, 0.717) is 12.0 Å². The van der Waals surface area contributed by atoms with Crippen molar-refractivity contribution >= 4 is 11.3 Å². The van der Waals surface area contributed by atoms with Gasteiger partial charge in [-0.2, -0.15) is 0 Å². The van der Waals surface area contributed by atoms with E-state index in [4.69, 9.17) is 9.47 Å². The van der Waals surface area contributed by atoms with Crippen molar-refractivity contribution in [2.45, 2.75) is 37.8 Å². The first-order valence-electron chi connectivity index (χ1n) is 7.16. The molecule has 1 spiro atoms. The maximum absolute atomic E-state index is 6.04. The van der Waals surface area contributed by atoms with Crippen molar-refractivity contribution in [2.24, 2.45) is 5.92 Å². The summed E-state index contributed by atoms with van der Waals surface area (Å²) in [5, 5.41) is 3.64. The lowest BCUT2D eigenvalue weighted by Crippen LogP contribution is -2.44. The summed E-state index contributed by atoms with van der Waals surface area (Å²) < 4.78 is 11.6. The van der Waals surface area contributed by atoms with Gasteiger partial charge in [-0.15, -0.1) is 11.3 Å². The van der Waals surface area contributed by atoms with Gasteiger partial charge in [0.2, 0.25) is 0 Å². The molecular formula is C14H22N2O2S. The quantitative estimate of drug-likeness (QED) is 0.921. The van der Waals surface area contributed by atoms with Crippen LogP contribution in [0.25, 0.3) is 0 Å². The normalized spacial score (nSPS) is 32.8. The van der Waals surface area contributed by atoms with Gasteiger partial charge >= 0.3 is 0 Å². The third-order valence-electron chi connectivity index (χ3n) is 4.25. The Morgan fingerprint density at radius 1 is 1.58 bits per heavy atom. The van der Waals surface area contributed by atoms with Crippen LogP contribution in [0.1, 0.15) is 37.1 Å². The predicted octanol–water partition coefficient (Wildman–Crippen LogP) is 2.38. The molecule has 0 amide bonds. The number of nitrogens with one attached hydrogen (secondary N) is 1.